The van der Waals surface area contributed by atoms with Gasteiger partial charge in [-0.2, -0.15) is 11.3 Å². The van der Waals surface area contributed by atoms with Crippen LogP contribution in [-0.2, 0) is 12.1 Å². The summed E-state index contributed by atoms with van der Waals surface area (Å²) in [6, 6.07) is 7.71. The summed E-state index contributed by atoms with van der Waals surface area (Å²) in [5.41, 5.74) is 3.04. The number of hydrogen-bond donors (Lipinski definition) is 3. The lowest BCUT2D eigenvalue weighted by Gasteiger charge is -2.23. The molecule has 0 aliphatic heterocycles. The molecule has 130 valence electrons. The van der Waals surface area contributed by atoms with Crippen LogP contribution < -0.4 is 15.5 Å². The van der Waals surface area contributed by atoms with Crippen molar-refractivity contribution in [2.24, 2.45) is 0 Å². The highest BCUT2D eigenvalue weighted by Crippen LogP contribution is 2.22. The Kier molecular flexibility index (Phi) is 5.85. The molecular weight excluding hydrogens is 322 g/mol. The van der Waals surface area contributed by atoms with Crippen molar-refractivity contribution < 1.29 is 9.90 Å². The normalized spacial score (nSPS) is 13.2. The van der Waals surface area contributed by atoms with Gasteiger partial charge in [0, 0.05) is 26.3 Å². The first-order valence-electron chi connectivity index (χ1n) is 7.83. The summed E-state index contributed by atoms with van der Waals surface area (Å²) in [6.07, 6.45) is 0. The van der Waals surface area contributed by atoms with E-state index < -0.39 is 5.60 Å². The topological polar surface area (TPSA) is 64.6 Å². The van der Waals surface area contributed by atoms with Crippen LogP contribution in [0, 0.1) is 6.92 Å². The van der Waals surface area contributed by atoms with Gasteiger partial charge in [0.05, 0.1) is 6.54 Å². The zero-order valence-electron chi connectivity index (χ0n) is 14.6. The molecule has 1 aromatic heterocycles. The molecule has 2 aromatic rings. The van der Waals surface area contributed by atoms with E-state index in [9.17, 15) is 9.90 Å². The number of carbonyl (C=O) groups excluding carboxylic acids is 1. The van der Waals surface area contributed by atoms with E-state index in [0.29, 0.717) is 6.54 Å². The van der Waals surface area contributed by atoms with Crippen molar-refractivity contribution in [3.05, 3.63) is 51.7 Å². The molecule has 1 atom stereocenters. The summed E-state index contributed by atoms with van der Waals surface area (Å²) in [5.74, 6) is 0. The number of carbonyl (C=O) groups is 1. The highest BCUT2D eigenvalue weighted by atomic mass is 32.1. The monoisotopic (exact) mass is 347 g/mol. The van der Waals surface area contributed by atoms with Gasteiger partial charge < -0.3 is 20.6 Å². The Morgan fingerprint density at radius 3 is 2.67 bits per heavy atom. The molecule has 1 heterocycles. The number of aryl methyl sites for hydroxylation is 1. The van der Waals surface area contributed by atoms with Crippen LogP contribution in [0.3, 0.4) is 0 Å². The van der Waals surface area contributed by atoms with E-state index in [0.717, 1.165) is 16.8 Å². The molecule has 0 spiro atoms. The molecule has 5 nitrogen and oxygen atoms in total. The smallest absolute Gasteiger partial charge is 0.315 e. The van der Waals surface area contributed by atoms with E-state index in [1.54, 1.807) is 6.92 Å². The lowest BCUT2D eigenvalue weighted by atomic mass is 9.99. The van der Waals surface area contributed by atoms with Gasteiger partial charge in [0.1, 0.15) is 5.60 Å². The van der Waals surface area contributed by atoms with Crippen LogP contribution in [0.2, 0.25) is 0 Å². The number of urea groups is 1. The molecule has 0 radical (unpaired) electrons. The molecular formula is C18H25N3O2S. The summed E-state index contributed by atoms with van der Waals surface area (Å²) >= 11 is 1.52. The fraction of sp³-hybridized carbons (Fsp3) is 0.389. The number of nitrogens with zero attached hydrogens (tertiary/aromatic N) is 1. The lowest BCUT2D eigenvalue weighted by Crippen LogP contribution is -2.43. The molecule has 0 saturated heterocycles. The van der Waals surface area contributed by atoms with E-state index in [2.05, 4.69) is 16.7 Å². The number of amides is 2. The summed E-state index contributed by atoms with van der Waals surface area (Å²) < 4.78 is 0. The number of anilines is 1. The minimum absolute atomic E-state index is 0.157. The van der Waals surface area contributed by atoms with E-state index >= 15 is 0 Å². The SMILES string of the molecule is Cc1ccc(CNC(=O)NCC(C)(O)c2ccsc2)c(N(C)C)c1. The first kappa shape index (κ1) is 18.3. The van der Waals surface area contributed by atoms with E-state index in [-0.39, 0.29) is 12.6 Å². The van der Waals surface area contributed by atoms with Crippen LogP contribution in [0.4, 0.5) is 10.5 Å². The van der Waals surface area contributed by atoms with Gasteiger partial charge in [-0.05, 0) is 53.4 Å². The molecule has 0 aliphatic rings. The maximum Gasteiger partial charge on any atom is 0.315 e. The van der Waals surface area contributed by atoms with Gasteiger partial charge in [-0.1, -0.05) is 12.1 Å². The molecule has 24 heavy (non-hydrogen) atoms. The van der Waals surface area contributed by atoms with E-state index in [1.807, 2.05) is 54.9 Å². The quantitative estimate of drug-likeness (QED) is 0.753. The van der Waals surface area contributed by atoms with Gasteiger partial charge in [-0.15, -0.1) is 0 Å². The third kappa shape index (κ3) is 4.72. The first-order chi connectivity index (χ1) is 11.3. The number of benzene rings is 1. The van der Waals surface area contributed by atoms with Crippen molar-refractivity contribution in [2.45, 2.75) is 26.0 Å². The maximum atomic E-state index is 12.0. The Morgan fingerprint density at radius 2 is 2.04 bits per heavy atom. The molecule has 0 bridgehead atoms. The second kappa shape index (κ2) is 7.68. The van der Waals surface area contributed by atoms with Crippen LogP contribution in [0.15, 0.2) is 35.0 Å². The fourth-order valence-electron chi connectivity index (χ4n) is 2.40. The molecule has 1 unspecified atom stereocenters. The number of thiophene rings is 1. The van der Waals surface area contributed by atoms with Crippen molar-refractivity contribution in [1.82, 2.24) is 10.6 Å². The first-order valence-corrected chi connectivity index (χ1v) is 8.77. The van der Waals surface area contributed by atoms with Crippen molar-refractivity contribution >= 4 is 23.1 Å². The van der Waals surface area contributed by atoms with Crippen molar-refractivity contribution in [3.63, 3.8) is 0 Å². The summed E-state index contributed by atoms with van der Waals surface area (Å²) in [4.78, 5) is 14.1. The molecule has 3 N–H and O–H groups in total. The average Bonchev–Trinajstić information content (AvgIpc) is 3.07. The Morgan fingerprint density at radius 1 is 1.29 bits per heavy atom. The summed E-state index contributed by atoms with van der Waals surface area (Å²) in [5, 5.41) is 19.8. The molecule has 1 aromatic carbocycles. The highest BCUT2D eigenvalue weighted by Gasteiger charge is 2.24. The zero-order valence-corrected chi connectivity index (χ0v) is 15.4. The molecule has 0 fully saturated rings. The van der Waals surface area contributed by atoms with Gasteiger partial charge in [0.2, 0.25) is 0 Å². The third-order valence-corrected chi connectivity index (χ3v) is 4.58. The number of rotatable bonds is 6. The maximum absolute atomic E-state index is 12.0. The summed E-state index contributed by atoms with van der Waals surface area (Å²) in [7, 11) is 3.97. The second-order valence-electron chi connectivity index (χ2n) is 6.35. The van der Waals surface area contributed by atoms with Gasteiger partial charge in [-0.25, -0.2) is 4.79 Å². The third-order valence-electron chi connectivity index (χ3n) is 3.90. The van der Waals surface area contributed by atoms with Crippen molar-refractivity contribution in [1.29, 1.82) is 0 Å². The van der Waals surface area contributed by atoms with Crippen molar-refractivity contribution in [2.75, 3.05) is 25.5 Å². The zero-order chi connectivity index (χ0) is 17.7. The standard InChI is InChI=1S/C18H25N3O2S/c1-13-5-6-14(16(9-13)21(3)4)10-19-17(22)20-12-18(2,23)15-7-8-24-11-15/h5-9,11,23H,10,12H2,1-4H3,(H2,19,20,22). The molecule has 2 amide bonds. The minimum Gasteiger partial charge on any atom is -0.384 e. The van der Waals surface area contributed by atoms with Gasteiger partial charge >= 0.3 is 6.03 Å². The lowest BCUT2D eigenvalue weighted by molar-refractivity contribution is 0.0598. The predicted octanol–water partition coefficient (Wildman–Crippen LogP) is 2.83. The van der Waals surface area contributed by atoms with Crippen LogP contribution in [0.5, 0.6) is 0 Å². The minimum atomic E-state index is -1.07. The largest absolute Gasteiger partial charge is 0.384 e. The Balaban J connectivity index is 1.90. The molecule has 6 heteroatoms. The van der Waals surface area contributed by atoms with Gasteiger partial charge in [0.25, 0.3) is 0 Å². The van der Waals surface area contributed by atoms with Crippen LogP contribution in [-0.4, -0.2) is 31.8 Å². The number of hydrogen-bond acceptors (Lipinski definition) is 4. The van der Waals surface area contributed by atoms with Gasteiger partial charge in [-0.3, -0.25) is 0 Å². The second-order valence-corrected chi connectivity index (χ2v) is 7.13. The van der Waals surface area contributed by atoms with Crippen molar-refractivity contribution in [3.8, 4) is 0 Å². The van der Waals surface area contributed by atoms with E-state index in [1.165, 1.54) is 16.9 Å². The number of aliphatic hydroxyl groups is 1. The fourth-order valence-corrected chi connectivity index (χ4v) is 3.19. The summed E-state index contributed by atoms with van der Waals surface area (Å²) in [6.45, 7) is 4.33. The molecule has 0 aliphatic carbocycles. The number of nitrogens with one attached hydrogen (secondary N) is 2. The molecule has 2 rings (SSSR count). The Bertz CT molecular complexity index is 682. The average molecular weight is 347 g/mol. The van der Waals surface area contributed by atoms with Gasteiger partial charge in [0.15, 0.2) is 0 Å². The van der Waals surface area contributed by atoms with Crippen LogP contribution in [0.25, 0.3) is 0 Å². The Hall–Kier alpha value is -2.05. The Labute approximate surface area is 147 Å². The highest BCUT2D eigenvalue weighted by molar-refractivity contribution is 7.08. The molecule has 0 saturated carbocycles. The predicted molar refractivity (Wildman–Crippen MR) is 99.6 cm³/mol. The van der Waals surface area contributed by atoms with E-state index in [4.69, 9.17) is 0 Å². The van der Waals surface area contributed by atoms with Crippen LogP contribution in [0.1, 0.15) is 23.6 Å². The van der Waals surface area contributed by atoms with Crippen LogP contribution >= 0.6 is 11.3 Å².